The molecule has 2 nitrogen and oxygen atoms in total. The maximum Gasteiger partial charge on any atom is 0.104 e. The molecule has 0 atom stereocenters. The zero-order valence-electron chi connectivity index (χ0n) is 7.24. The number of rotatable bonds is 1. The molecule has 0 saturated heterocycles. The van der Waals surface area contributed by atoms with Crippen molar-refractivity contribution in [2.75, 3.05) is 7.11 Å². The maximum atomic E-state index is 5.12. The predicted molar refractivity (Wildman–Crippen MR) is 49.2 cm³/mol. The minimum Gasteiger partial charge on any atom is -0.417 e. The molecule has 0 aliphatic rings. The van der Waals surface area contributed by atoms with E-state index in [4.69, 9.17) is 4.84 Å². The van der Waals surface area contributed by atoms with E-state index in [2.05, 4.69) is 25.1 Å². The van der Waals surface area contributed by atoms with Crippen molar-refractivity contribution in [2.24, 2.45) is 0 Å². The molecule has 0 radical (unpaired) electrons. The van der Waals surface area contributed by atoms with Crippen molar-refractivity contribution in [3.8, 4) is 0 Å². The second-order valence-corrected chi connectivity index (χ2v) is 2.89. The number of hydrogen-bond acceptors (Lipinski definition) is 1. The van der Waals surface area contributed by atoms with Crippen LogP contribution in [0.1, 0.15) is 5.56 Å². The monoisotopic (exact) mass is 161 g/mol. The van der Waals surface area contributed by atoms with Crippen LogP contribution in [0.25, 0.3) is 10.9 Å². The zero-order chi connectivity index (χ0) is 8.55. The fourth-order valence-electron chi connectivity index (χ4n) is 1.40. The quantitative estimate of drug-likeness (QED) is 0.624. The summed E-state index contributed by atoms with van der Waals surface area (Å²) in [7, 11) is 1.67. The number of nitrogens with zero attached hydrogens (tertiary/aromatic N) is 1. The maximum absolute atomic E-state index is 5.12. The Labute approximate surface area is 71.3 Å². The summed E-state index contributed by atoms with van der Waals surface area (Å²) in [5.41, 5.74) is 2.39. The van der Waals surface area contributed by atoms with Crippen LogP contribution in [0.3, 0.4) is 0 Å². The van der Waals surface area contributed by atoms with Crippen LogP contribution in [0.2, 0.25) is 0 Å². The minimum absolute atomic E-state index is 1.11. The summed E-state index contributed by atoms with van der Waals surface area (Å²) in [6.07, 6.45) is 1.92. The van der Waals surface area contributed by atoms with E-state index >= 15 is 0 Å². The molecule has 0 aliphatic carbocycles. The highest BCUT2D eigenvalue weighted by Gasteiger charge is 1.98. The highest BCUT2D eigenvalue weighted by Crippen LogP contribution is 2.15. The van der Waals surface area contributed by atoms with E-state index < -0.39 is 0 Å². The van der Waals surface area contributed by atoms with Gasteiger partial charge in [-0.2, -0.15) is 4.73 Å². The number of fused-ring (bicyclic) bond motifs is 1. The topological polar surface area (TPSA) is 14.2 Å². The molecule has 12 heavy (non-hydrogen) atoms. The van der Waals surface area contributed by atoms with E-state index in [9.17, 15) is 0 Å². The van der Waals surface area contributed by atoms with Crippen LogP contribution in [-0.4, -0.2) is 11.8 Å². The van der Waals surface area contributed by atoms with Crippen LogP contribution >= 0.6 is 0 Å². The van der Waals surface area contributed by atoms with Crippen LogP contribution < -0.4 is 4.84 Å². The first-order valence-electron chi connectivity index (χ1n) is 3.93. The molecule has 1 aromatic carbocycles. The average Bonchev–Trinajstić information content (AvgIpc) is 2.46. The van der Waals surface area contributed by atoms with Crippen molar-refractivity contribution in [2.45, 2.75) is 6.92 Å². The Balaban J connectivity index is 2.73. The van der Waals surface area contributed by atoms with Crippen molar-refractivity contribution >= 4 is 10.9 Å². The lowest BCUT2D eigenvalue weighted by atomic mass is 10.2. The highest BCUT2D eigenvalue weighted by molar-refractivity contribution is 5.80. The van der Waals surface area contributed by atoms with Crippen LogP contribution in [0.4, 0.5) is 0 Å². The van der Waals surface area contributed by atoms with Gasteiger partial charge in [0.25, 0.3) is 0 Å². The Kier molecular flexibility index (Phi) is 1.54. The number of hydrogen-bond donors (Lipinski definition) is 0. The van der Waals surface area contributed by atoms with Crippen LogP contribution in [0.5, 0.6) is 0 Å². The van der Waals surface area contributed by atoms with Gasteiger partial charge in [-0.1, -0.05) is 11.6 Å². The third-order valence-corrected chi connectivity index (χ3v) is 2.01. The molecule has 0 fully saturated rings. The lowest BCUT2D eigenvalue weighted by molar-refractivity contribution is 0.179. The lowest BCUT2D eigenvalue weighted by Crippen LogP contribution is -2.02. The third-order valence-electron chi connectivity index (χ3n) is 2.01. The molecule has 0 aliphatic heterocycles. The predicted octanol–water partition coefficient (Wildman–Crippen LogP) is 2.01. The Bertz CT molecular complexity index is 403. The first-order valence-corrected chi connectivity index (χ1v) is 3.93. The van der Waals surface area contributed by atoms with Gasteiger partial charge in [0.2, 0.25) is 0 Å². The molecule has 0 saturated carbocycles. The summed E-state index contributed by atoms with van der Waals surface area (Å²) < 4.78 is 1.76. The molecule has 2 aromatic rings. The normalized spacial score (nSPS) is 10.5. The van der Waals surface area contributed by atoms with E-state index in [1.54, 1.807) is 11.8 Å². The van der Waals surface area contributed by atoms with Gasteiger partial charge in [-0.05, 0) is 25.1 Å². The number of aryl methyl sites for hydroxylation is 1. The Morgan fingerprint density at radius 3 is 2.83 bits per heavy atom. The largest absolute Gasteiger partial charge is 0.417 e. The van der Waals surface area contributed by atoms with Gasteiger partial charge in [-0.15, -0.1) is 0 Å². The summed E-state index contributed by atoms with van der Waals surface area (Å²) in [5.74, 6) is 0. The Morgan fingerprint density at radius 2 is 2.08 bits per heavy atom. The fraction of sp³-hybridized carbons (Fsp3) is 0.200. The van der Waals surface area contributed by atoms with Crippen molar-refractivity contribution in [1.82, 2.24) is 4.73 Å². The molecule has 1 heterocycles. The molecule has 0 spiro atoms. The summed E-state index contributed by atoms with van der Waals surface area (Å²) >= 11 is 0. The molecular weight excluding hydrogens is 150 g/mol. The molecule has 2 rings (SSSR count). The van der Waals surface area contributed by atoms with E-state index in [1.807, 2.05) is 12.3 Å². The van der Waals surface area contributed by atoms with Crippen LogP contribution in [0.15, 0.2) is 30.5 Å². The van der Waals surface area contributed by atoms with E-state index in [-0.39, 0.29) is 0 Å². The molecule has 0 amide bonds. The van der Waals surface area contributed by atoms with Gasteiger partial charge in [0.1, 0.15) is 7.11 Å². The van der Waals surface area contributed by atoms with Crippen molar-refractivity contribution < 1.29 is 4.84 Å². The number of benzene rings is 1. The third kappa shape index (κ3) is 0.961. The highest BCUT2D eigenvalue weighted by atomic mass is 16.6. The average molecular weight is 161 g/mol. The molecule has 62 valence electrons. The van der Waals surface area contributed by atoms with E-state index in [0.717, 1.165) is 5.52 Å². The van der Waals surface area contributed by atoms with Crippen molar-refractivity contribution in [1.29, 1.82) is 0 Å². The van der Waals surface area contributed by atoms with Crippen molar-refractivity contribution in [3.05, 3.63) is 36.0 Å². The molecule has 0 bridgehead atoms. The summed E-state index contributed by atoms with van der Waals surface area (Å²) in [5, 5.41) is 1.22. The molecule has 1 aromatic heterocycles. The lowest BCUT2D eigenvalue weighted by Gasteiger charge is -2.01. The molecule has 0 N–H and O–H groups in total. The SMILES string of the molecule is COn1ccc2cc(C)ccc21. The Hall–Kier alpha value is -1.44. The second-order valence-electron chi connectivity index (χ2n) is 2.89. The fourth-order valence-corrected chi connectivity index (χ4v) is 1.40. The summed E-state index contributed by atoms with van der Waals surface area (Å²) in [6.45, 7) is 2.09. The van der Waals surface area contributed by atoms with E-state index in [1.165, 1.54) is 10.9 Å². The van der Waals surface area contributed by atoms with E-state index in [0.29, 0.717) is 0 Å². The van der Waals surface area contributed by atoms with Crippen molar-refractivity contribution in [3.63, 3.8) is 0 Å². The summed E-state index contributed by atoms with van der Waals surface area (Å²) in [6, 6.07) is 8.34. The van der Waals surface area contributed by atoms with Crippen LogP contribution in [-0.2, 0) is 0 Å². The number of aromatic nitrogens is 1. The van der Waals surface area contributed by atoms with Crippen LogP contribution in [0, 0.1) is 6.92 Å². The van der Waals surface area contributed by atoms with Gasteiger partial charge in [0.05, 0.1) is 5.52 Å². The Morgan fingerprint density at radius 1 is 1.25 bits per heavy atom. The van der Waals surface area contributed by atoms with Gasteiger partial charge in [0, 0.05) is 11.6 Å². The van der Waals surface area contributed by atoms with Gasteiger partial charge in [-0.3, -0.25) is 0 Å². The molecular formula is C10H11NO. The smallest absolute Gasteiger partial charge is 0.104 e. The van der Waals surface area contributed by atoms with Gasteiger partial charge in [-0.25, -0.2) is 0 Å². The van der Waals surface area contributed by atoms with Gasteiger partial charge >= 0.3 is 0 Å². The minimum atomic E-state index is 1.11. The van der Waals surface area contributed by atoms with Gasteiger partial charge in [0.15, 0.2) is 0 Å². The zero-order valence-corrected chi connectivity index (χ0v) is 7.24. The molecule has 0 unspecified atom stereocenters. The first kappa shape index (κ1) is 7.22. The van der Waals surface area contributed by atoms with Gasteiger partial charge < -0.3 is 4.84 Å². The standard InChI is InChI=1S/C10H11NO/c1-8-3-4-10-9(7-8)5-6-11(10)12-2/h3-7H,1-2H3. The molecule has 2 heteroatoms. The summed E-state index contributed by atoms with van der Waals surface area (Å²) in [4.78, 5) is 5.12. The first-order chi connectivity index (χ1) is 5.81. The second kappa shape index (κ2) is 2.55.